The Bertz CT molecular complexity index is 790. The largest absolute Gasteiger partial charge is 0.393 e. The van der Waals surface area contributed by atoms with Crippen LogP contribution in [0.25, 0.3) is 0 Å². The zero-order chi connectivity index (χ0) is 24.2. The van der Waals surface area contributed by atoms with Crippen LogP contribution in [0.1, 0.15) is 99.3 Å². The summed E-state index contributed by atoms with van der Waals surface area (Å²) in [7, 11) is 0. The topological polar surface area (TPSA) is 60.7 Å². The summed E-state index contributed by atoms with van der Waals surface area (Å²) < 4.78 is 0. The lowest BCUT2D eigenvalue weighted by atomic mass is 9.35. The van der Waals surface area contributed by atoms with Gasteiger partial charge in [-0.25, -0.2) is 0 Å². The lowest BCUT2D eigenvalue weighted by Gasteiger charge is -2.69. The maximum Gasteiger partial charge on any atom is 0.0663 e. The van der Waals surface area contributed by atoms with Gasteiger partial charge in [-0.2, -0.15) is 0 Å². The van der Waals surface area contributed by atoms with E-state index in [0.717, 1.165) is 24.7 Å². The molecule has 0 saturated heterocycles. The first-order valence-electron chi connectivity index (χ1n) is 13.7. The molecule has 0 heterocycles. The summed E-state index contributed by atoms with van der Waals surface area (Å²) in [4.78, 5) is 0. The molecule has 0 aromatic rings. The normalized spacial score (nSPS) is 46.8. The van der Waals surface area contributed by atoms with E-state index < -0.39 is 0 Å². The molecule has 0 unspecified atom stereocenters. The molecule has 3 N–H and O–H groups in total. The fourth-order valence-corrected chi connectivity index (χ4v) is 10.0. The van der Waals surface area contributed by atoms with Crippen LogP contribution in [0.15, 0.2) is 23.3 Å². The third-order valence-electron chi connectivity index (χ3n) is 12.2. The first kappa shape index (κ1) is 25.5. The molecule has 0 radical (unpaired) electrons. The van der Waals surface area contributed by atoms with Crippen molar-refractivity contribution in [2.45, 2.75) is 105 Å². The van der Waals surface area contributed by atoms with Crippen LogP contribution in [0.2, 0.25) is 0 Å². The molecule has 0 aromatic carbocycles. The minimum absolute atomic E-state index is 0.0269. The molecular weight excluding hydrogens is 408 g/mol. The van der Waals surface area contributed by atoms with Gasteiger partial charge in [-0.15, -0.1) is 0 Å². The zero-order valence-electron chi connectivity index (χ0n) is 22.2. The average Bonchev–Trinajstić information content (AvgIpc) is 3.12. The van der Waals surface area contributed by atoms with Crippen LogP contribution in [0.4, 0.5) is 0 Å². The minimum atomic E-state index is -0.151. The first-order chi connectivity index (χ1) is 15.5. The van der Waals surface area contributed by atoms with Gasteiger partial charge in [-0.1, -0.05) is 52.3 Å². The van der Waals surface area contributed by atoms with Gasteiger partial charge in [-0.3, -0.25) is 0 Å². The third kappa shape index (κ3) is 3.71. The summed E-state index contributed by atoms with van der Waals surface area (Å²) in [5, 5.41) is 29.5. The van der Waals surface area contributed by atoms with E-state index in [4.69, 9.17) is 0 Å². The molecule has 33 heavy (non-hydrogen) atoms. The molecule has 0 amide bonds. The standard InChI is InChI=1S/C30H50O3/c1-20(8-7-9-21(18-31)19-32)22-12-16-29(5)23(22)10-11-25-28(4)15-14-26(33)27(2,3)24(28)13-17-30(25,29)6/h8-9,22-26,31-33H,7,10-19H2,1-6H3/t22-,23-,24+,25-,26+,28+,29-,30-/m1/s1. The van der Waals surface area contributed by atoms with Crippen molar-refractivity contribution >= 4 is 0 Å². The van der Waals surface area contributed by atoms with Gasteiger partial charge in [-0.05, 0) is 116 Å². The fraction of sp³-hybridized carbons (Fsp3) is 0.867. The van der Waals surface area contributed by atoms with Crippen molar-refractivity contribution in [1.82, 2.24) is 0 Å². The molecule has 4 rings (SSSR count). The Labute approximate surface area is 202 Å². The second-order valence-electron chi connectivity index (χ2n) is 13.6. The number of rotatable bonds is 5. The van der Waals surface area contributed by atoms with Gasteiger partial charge < -0.3 is 15.3 Å². The van der Waals surface area contributed by atoms with Crippen molar-refractivity contribution in [3.63, 3.8) is 0 Å². The molecular formula is C30H50O3. The summed E-state index contributed by atoms with van der Waals surface area (Å²) in [6.45, 7) is 14.8. The molecule has 8 atom stereocenters. The summed E-state index contributed by atoms with van der Waals surface area (Å²) in [6.07, 6.45) is 15.0. The Morgan fingerprint density at radius 3 is 2.12 bits per heavy atom. The van der Waals surface area contributed by atoms with Crippen LogP contribution in [-0.2, 0) is 0 Å². The quantitative estimate of drug-likeness (QED) is 0.425. The molecule has 4 fully saturated rings. The van der Waals surface area contributed by atoms with Crippen LogP contribution < -0.4 is 0 Å². The average molecular weight is 459 g/mol. The van der Waals surface area contributed by atoms with E-state index in [0.29, 0.717) is 33.7 Å². The maximum absolute atomic E-state index is 10.8. The predicted molar refractivity (Wildman–Crippen MR) is 136 cm³/mol. The van der Waals surface area contributed by atoms with Gasteiger partial charge in [0, 0.05) is 0 Å². The van der Waals surface area contributed by atoms with Crippen molar-refractivity contribution in [2.75, 3.05) is 13.2 Å². The number of aliphatic hydroxyl groups excluding tert-OH is 3. The molecule has 0 aromatic heterocycles. The van der Waals surface area contributed by atoms with Gasteiger partial charge in [0.2, 0.25) is 0 Å². The number of hydrogen-bond acceptors (Lipinski definition) is 3. The maximum atomic E-state index is 10.8. The van der Waals surface area contributed by atoms with Gasteiger partial charge in [0.25, 0.3) is 0 Å². The number of fused-ring (bicyclic) bond motifs is 5. The SMILES string of the molecule is CC(=CCC=C(CO)CO)[C@H]1CC[C@]2(C)[C@@H]1CC[C@@H]1[C@@]3(C)CC[C@H](O)C(C)(C)[C@@H]3CC[C@]12C. The van der Waals surface area contributed by atoms with Gasteiger partial charge >= 0.3 is 0 Å². The number of hydrogen-bond donors (Lipinski definition) is 3. The number of allylic oxidation sites excluding steroid dienone is 3. The van der Waals surface area contributed by atoms with Crippen LogP contribution in [0.3, 0.4) is 0 Å². The monoisotopic (exact) mass is 458 g/mol. The van der Waals surface area contributed by atoms with Crippen LogP contribution >= 0.6 is 0 Å². The molecule has 0 aliphatic heterocycles. The van der Waals surface area contributed by atoms with Crippen molar-refractivity contribution in [1.29, 1.82) is 0 Å². The Balaban J connectivity index is 1.58. The van der Waals surface area contributed by atoms with E-state index in [1.165, 1.54) is 50.5 Å². The van der Waals surface area contributed by atoms with Crippen molar-refractivity contribution < 1.29 is 15.3 Å². The lowest BCUT2D eigenvalue weighted by Crippen LogP contribution is -2.63. The van der Waals surface area contributed by atoms with E-state index in [9.17, 15) is 15.3 Å². The Kier molecular flexibility index (Phi) is 6.78. The zero-order valence-corrected chi connectivity index (χ0v) is 22.2. The summed E-state index contributed by atoms with van der Waals surface area (Å²) in [5.74, 6) is 2.82. The Hall–Kier alpha value is -0.640. The molecule has 4 saturated carbocycles. The van der Waals surface area contributed by atoms with Crippen LogP contribution in [0.5, 0.6) is 0 Å². The summed E-state index contributed by atoms with van der Waals surface area (Å²) in [6, 6.07) is 0. The lowest BCUT2D eigenvalue weighted by molar-refractivity contribution is -0.220. The van der Waals surface area contributed by atoms with Gasteiger partial charge in [0.15, 0.2) is 0 Å². The van der Waals surface area contributed by atoms with Gasteiger partial charge in [0.05, 0.1) is 19.3 Å². The van der Waals surface area contributed by atoms with E-state index >= 15 is 0 Å². The molecule has 0 spiro atoms. The smallest absolute Gasteiger partial charge is 0.0663 e. The minimum Gasteiger partial charge on any atom is -0.393 e. The number of aliphatic hydroxyl groups is 3. The molecule has 3 nitrogen and oxygen atoms in total. The van der Waals surface area contributed by atoms with Gasteiger partial charge in [0.1, 0.15) is 0 Å². The van der Waals surface area contributed by atoms with E-state index in [1.54, 1.807) is 0 Å². The van der Waals surface area contributed by atoms with Crippen LogP contribution in [0, 0.1) is 45.3 Å². The summed E-state index contributed by atoms with van der Waals surface area (Å²) in [5.41, 5.74) is 3.38. The highest BCUT2D eigenvalue weighted by Gasteiger charge is 2.68. The molecule has 0 bridgehead atoms. The fourth-order valence-electron chi connectivity index (χ4n) is 10.0. The van der Waals surface area contributed by atoms with Crippen molar-refractivity contribution in [2.24, 2.45) is 45.3 Å². The predicted octanol–water partition coefficient (Wildman–Crippen LogP) is 6.28. The van der Waals surface area contributed by atoms with E-state index in [2.05, 4.69) is 47.6 Å². The molecule has 4 aliphatic rings. The Morgan fingerprint density at radius 1 is 0.788 bits per heavy atom. The van der Waals surface area contributed by atoms with Crippen LogP contribution in [-0.4, -0.2) is 34.6 Å². The molecule has 188 valence electrons. The van der Waals surface area contributed by atoms with Crippen molar-refractivity contribution in [3.05, 3.63) is 23.3 Å². The first-order valence-corrected chi connectivity index (χ1v) is 13.7. The second kappa shape index (κ2) is 8.79. The van der Waals surface area contributed by atoms with Crippen molar-refractivity contribution in [3.8, 4) is 0 Å². The highest BCUT2D eigenvalue weighted by atomic mass is 16.3. The Morgan fingerprint density at radius 2 is 1.45 bits per heavy atom. The van der Waals surface area contributed by atoms with E-state index in [1.807, 2.05) is 6.08 Å². The summed E-state index contributed by atoms with van der Waals surface area (Å²) >= 11 is 0. The second-order valence-corrected chi connectivity index (χ2v) is 13.6. The third-order valence-corrected chi connectivity index (χ3v) is 12.2. The van der Waals surface area contributed by atoms with E-state index in [-0.39, 0.29) is 24.7 Å². The molecule has 4 aliphatic carbocycles. The highest BCUT2D eigenvalue weighted by molar-refractivity contribution is 5.21. The highest BCUT2D eigenvalue weighted by Crippen LogP contribution is 2.75. The molecule has 3 heteroatoms.